The Morgan fingerprint density at radius 1 is 1.00 bits per heavy atom. The molecule has 0 unspecified atom stereocenters. The van der Waals surface area contributed by atoms with Crippen molar-refractivity contribution >= 4 is 28.2 Å². The van der Waals surface area contributed by atoms with Gasteiger partial charge in [-0.2, -0.15) is 10.4 Å². The summed E-state index contributed by atoms with van der Waals surface area (Å²) in [6.07, 6.45) is 7.95. The van der Waals surface area contributed by atoms with Crippen LogP contribution < -0.4 is 10.6 Å². The normalized spacial score (nSPS) is 11.5. The predicted molar refractivity (Wildman–Crippen MR) is 146 cm³/mol. The third kappa shape index (κ3) is 11.0. The van der Waals surface area contributed by atoms with E-state index in [1.54, 1.807) is 19.1 Å². The second kappa shape index (κ2) is 14.5. The maximum Gasteiger partial charge on any atom is 0.229 e. The third-order valence-corrected chi connectivity index (χ3v) is 5.68. The van der Waals surface area contributed by atoms with Crippen molar-refractivity contribution in [2.75, 3.05) is 10.6 Å². The lowest BCUT2D eigenvalue weighted by Crippen LogP contribution is -2.13. The molecule has 36 heavy (non-hydrogen) atoms. The van der Waals surface area contributed by atoms with Gasteiger partial charge in [-0.15, -0.1) is 15.3 Å². The van der Waals surface area contributed by atoms with Gasteiger partial charge in [0.15, 0.2) is 5.82 Å². The quantitative estimate of drug-likeness (QED) is 0.182. The van der Waals surface area contributed by atoms with Gasteiger partial charge in [0.25, 0.3) is 0 Å². The van der Waals surface area contributed by atoms with Gasteiger partial charge in [-0.3, -0.25) is 4.79 Å². The number of hydrogen-bond donors (Lipinski definition) is 2. The van der Waals surface area contributed by atoms with Gasteiger partial charge in [0.1, 0.15) is 5.01 Å². The van der Waals surface area contributed by atoms with E-state index in [2.05, 4.69) is 56.8 Å². The van der Waals surface area contributed by atoms with Crippen LogP contribution in [0.25, 0.3) is 0 Å². The number of nitrogens with one attached hydrogen (secondary N) is 2. The Morgan fingerprint density at radius 2 is 1.75 bits per heavy atom. The lowest BCUT2D eigenvalue weighted by Gasteiger charge is -2.06. The molecule has 1 amide bonds. The number of unbranched alkanes of at least 4 members (excludes halogenated alkanes) is 1. The monoisotopic (exact) mass is 503 g/mol. The van der Waals surface area contributed by atoms with Crippen molar-refractivity contribution in [1.82, 2.24) is 20.4 Å². The molecule has 2 rings (SSSR count). The molecule has 8 nitrogen and oxygen atoms in total. The van der Waals surface area contributed by atoms with Gasteiger partial charge in [0.2, 0.25) is 11.0 Å². The van der Waals surface area contributed by atoms with E-state index in [-0.39, 0.29) is 5.91 Å². The Bertz CT molecular complexity index is 1200. The highest BCUT2D eigenvalue weighted by atomic mass is 32.1. The highest BCUT2D eigenvalue weighted by molar-refractivity contribution is 7.15. The van der Waals surface area contributed by atoms with E-state index in [0.717, 1.165) is 58.8 Å². The minimum atomic E-state index is -0.127. The molecule has 0 saturated heterocycles. The van der Waals surface area contributed by atoms with E-state index in [4.69, 9.17) is 5.26 Å². The molecule has 2 aromatic rings. The third-order valence-electron chi connectivity index (χ3n) is 4.78. The summed E-state index contributed by atoms with van der Waals surface area (Å²) in [4.78, 5) is 12.1. The Hall–Kier alpha value is -3.90. The fraction of sp³-hybridized carbons (Fsp3) is 0.333. The van der Waals surface area contributed by atoms with Gasteiger partial charge in [0.05, 0.1) is 11.8 Å². The largest absolute Gasteiger partial charge is 0.334 e. The standard InChI is InChI=1S/C27H33N7OS/c1-18(2)13-19(3)16-25(35)30-24-12-11-23(31-32-24)9-7-8-10-26-33-34-27(36-26)29-22(6)15-20(4)14-21(5)17-28/h11-14H,1,4,6-10,15-16H2,2-3,5H3,(H,29,34)(H,30,32,35)/b19-13+,21-14+. The smallest absolute Gasteiger partial charge is 0.229 e. The first-order chi connectivity index (χ1) is 17.1. The zero-order valence-corrected chi connectivity index (χ0v) is 22.0. The SMILES string of the molecule is C=C(C)/C=C(\C)CC(=O)Nc1ccc(CCCCc2nnc(NC(=C)CC(=C)/C=C(\C)C#N)s2)nn1. The number of nitrogens with zero attached hydrogens (tertiary/aromatic N) is 5. The van der Waals surface area contributed by atoms with Crippen molar-refractivity contribution in [3.8, 4) is 6.07 Å². The van der Waals surface area contributed by atoms with E-state index in [0.29, 0.717) is 29.4 Å². The number of allylic oxidation sites excluding steroid dienone is 5. The summed E-state index contributed by atoms with van der Waals surface area (Å²) in [7, 11) is 0. The molecule has 2 aromatic heterocycles. The molecule has 0 saturated carbocycles. The van der Waals surface area contributed by atoms with Crippen LogP contribution in [0.1, 0.15) is 57.2 Å². The molecule has 2 heterocycles. The summed E-state index contributed by atoms with van der Waals surface area (Å²) in [5.41, 5.74) is 4.90. The number of amides is 1. The van der Waals surface area contributed by atoms with Crippen LogP contribution in [0.4, 0.5) is 10.9 Å². The summed E-state index contributed by atoms with van der Waals surface area (Å²) in [6.45, 7) is 17.3. The van der Waals surface area contributed by atoms with Crippen LogP contribution in [-0.4, -0.2) is 26.3 Å². The van der Waals surface area contributed by atoms with Crippen LogP contribution in [0.2, 0.25) is 0 Å². The summed E-state index contributed by atoms with van der Waals surface area (Å²) in [5.74, 6) is 0.319. The van der Waals surface area contributed by atoms with Crippen molar-refractivity contribution in [3.05, 3.63) is 82.7 Å². The van der Waals surface area contributed by atoms with E-state index >= 15 is 0 Å². The maximum absolute atomic E-state index is 12.1. The Labute approximate surface area is 217 Å². The molecule has 0 atom stereocenters. The number of carbonyl (C=O) groups excluding carboxylic acids is 1. The minimum Gasteiger partial charge on any atom is -0.334 e. The van der Waals surface area contributed by atoms with Gasteiger partial charge in [0, 0.05) is 30.5 Å². The second-order valence-corrected chi connectivity index (χ2v) is 9.74. The van der Waals surface area contributed by atoms with Gasteiger partial charge >= 0.3 is 0 Å². The molecule has 0 radical (unpaired) electrons. The number of carbonyl (C=O) groups is 1. The second-order valence-electron chi connectivity index (χ2n) is 8.68. The van der Waals surface area contributed by atoms with Crippen molar-refractivity contribution < 1.29 is 4.79 Å². The zero-order valence-electron chi connectivity index (χ0n) is 21.2. The topological polar surface area (TPSA) is 116 Å². The summed E-state index contributed by atoms with van der Waals surface area (Å²) in [5, 5.41) is 33.2. The van der Waals surface area contributed by atoms with Crippen molar-refractivity contribution in [2.24, 2.45) is 0 Å². The van der Waals surface area contributed by atoms with Crippen LogP contribution in [0.15, 0.2) is 72.0 Å². The first-order valence-electron chi connectivity index (χ1n) is 11.6. The van der Waals surface area contributed by atoms with Crippen LogP contribution >= 0.6 is 11.3 Å². The minimum absolute atomic E-state index is 0.127. The van der Waals surface area contributed by atoms with E-state index in [1.165, 1.54) is 11.3 Å². The molecule has 9 heteroatoms. The molecule has 0 bridgehead atoms. The van der Waals surface area contributed by atoms with Crippen molar-refractivity contribution in [2.45, 2.75) is 59.3 Å². The number of aryl methyl sites for hydroxylation is 2. The molecule has 0 fully saturated rings. The van der Waals surface area contributed by atoms with Gasteiger partial charge in [-0.25, -0.2) is 0 Å². The zero-order chi connectivity index (χ0) is 26.5. The van der Waals surface area contributed by atoms with Crippen LogP contribution in [0.3, 0.4) is 0 Å². The van der Waals surface area contributed by atoms with Gasteiger partial charge in [-0.1, -0.05) is 48.3 Å². The summed E-state index contributed by atoms with van der Waals surface area (Å²) >= 11 is 1.50. The first kappa shape index (κ1) is 28.3. The van der Waals surface area contributed by atoms with Gasteiger partial charge in [-0.05, 0) is 63.8 Å². The molecule has 0 aliphatic carbocycles. The van der Waals surface area contributed by atoms with E-state index in [9.17, 15) is 4.79 Å². The molecule has 0 aliphatic rings. The van der Waals surface area contributed by atoms with Crippen molar-refractivity contribution in [1.29, 1.82) is 5.26 Å². The van der Waals surface area contributed by atoms with E-state index < -0.39 is 0 Å². The van der Waals surface area contributed by atoms with Crippen molar-refractivity contribution in [3.63, 3.8) is 0 Å². The van der Waals surface area contributed by atoms with Crippen LogP contribution in [0.5, 0.6) is 0 Å². The fourth-order valence-electron chi connectivity index (χ4n) is 3.32. The molecule has 188 valence electrons. The Balaban J connectivity index is 1.71. The van der Waals surface area contributed by atoms with Crippen LogP contribution in [0, 0.1) is 11.3 Å². The average molecular weight is 504 g/mol. The molecule has 0 spiro atoms. The lowest BCUT2D eigenvalue weighted by molar-refractivity contribution is -0.115. The average Bonchev–Trinajstić information content (AvgIpc) is 3.23. The lowest BCUT2D eigenvalue weighted by atomic mass is 10.1. The number of rotatable bonds is 14. The van der Waals surface area contributed by atoms with E-state index in [1.807, 2.05) is 26.0 Å². The summed E-state index contributed by atoms with van der Waals surface area (Å²) in [6, 6.07) is 5.74. The Kier molecular flexibility index (Phi) is 11.4. The molecule has 0 aromatic carbocycles. The number of nitriles is 1. The molecular weight excluding hydrogens is 470 g/mol. The van der Waals surface area contributed by atoms with Crippen LogP contribution in [-0.2, 0) is 17.6 Å². The molecular formula is C27H33N7OS. The Morgan fingerprint density at radius 3 is 2.42 bits per heavy atom. The number of aromatic nitrogens is 4. The van der Waals surface area contributed by atoms with Gasteiger partial charge < -0.3 is 10.6 Å². The number of hydrogen-bond acceptors (Lipinski definition) is 8. The first-order valence-corrected chi connectivity index (χ1v) is 12.4. The fourth-order valence-corrected chi connectivity index (χ4v) is 4.15. The summed E-state index contributed by atoms with van der Waals surface area (Å²) < 4.78 is 0. The maximum atomic E-state index is 12.1. The molecule has 0 aliphatic heterocycles. The highest BCUT2D eigenvalue weighted by Gasteiger charge is 2.08. The predicted octanol–water partition coefficient (Wildman–Crippen LogP) is 6.09. The highest BCUT2D eigenvalue weighted by Crippen LogP contribution is 2.21. The molecule has 2 N–H and O–H groups in total. The number of anilines is 2.